The number of nitrogens with one attached hydrogen (secondary N) is 1. The summed E-state index contributed by atoms with van der Waals surface area (Å²) >= 11 is 1.84. The maximum Gasteiger partial charge on any atom is 0.240 e. The van der Waals surface area contributed by atoms with Crippen LogP contribution in [0.15, 0.2) is 0 Å². The Kier molecular flexibility index (Phi) is 4.75. The van der Waals surface area contributed by atoms with Crippen molar-refractivity contribution in [1.82, 2.24) is 9.97 Å². The molecule has 0 radical (unpaired) electrons. The van der Waals surface area contributed by atoms with Gasteiger partial charge in [0.2, 0.25) is 5.91 Å². The lowest BCUT2D eigenvalue weighted by molar-refractivity contribution is -0.920. The number of hydrogen-bond acceptors (Lipinski definition) is 5. The van der Waals surface area contributed by atoms with Gasteiger partial charge in [-0.1, -0.05) is 6.92 Å². The second-order valence-corrected chi connectivity index (χ2v) is 9.95. The minimum atomic E-state index is -0.230. The van der Waals surface area contributed by atoms with Crippen LogP contribution in [0.4, 0.5) is 5.82 Å². The Hall–Kier alpha value is -1.73. The first kappa shape index (κ1) is 18.3. The zero-order valence-electron chi connectivity index (χ0n) is 16.7. The van der Waals surface area contributed by atoms with Crippen molar-refractivity contribution in [3.05, 3.63) is 16.3 Å². The number of primary amides is 1. The SMILES string of the molecule is CC1CC[NH+](Cc2nc(N3CCC[C@H]3C(N)=O)c3c4c(sc3n2)CCC4)CC1. The van der Waals surface area contributed by atoms with Crippen LogP contribution in [0.3, 0.4) is 0 Å². The van der Waals surface area contributed by atoms with Gasteiger partial charge in [0, 0.05) is 11.4 Å². The van der Waals surface area contributed by atoms with Crippen molar-refractivity contribution in [1.29, 1.82) is 0 Å². The number of quaternary nitrogens is 1. The molecule has 4 heterocycles. The van der Waals surface area contributed by atoms with Gasteiger partial charge >= 0.3 is 0 Å². The molecule has 2 fully saturated rings. The third-order valence-corrected chi connectivity index (χ3v) is 8.02. The van der Waals surface area contributed by atoms with Gasteiger partial charge in [-0.15, -0.1) is 11.3 Å². The molecule has 3 N–H and O–H groups in total. The number of carbonyl (C=O) groups excluding carboxylic acids is 1. The third-order valence-electron chi connectivity index (χ3n) is 6.83. The van der Waals surface area contributed by atoms with E-state index in [0.29, 0.717) is 0 Å². The van der Waals surface area contributed by atoms with E-state index in [1.54, 1.807) is 4.90 Å². The number of amides is 1. The number of nitrogens with two attached hydrogens (primary N) is 1. The maximum atomic E-state index is 12.1. The van der Waals surface area contributed by atoms with Gasteiger partial charge in [-0.3, -0.25) is 4.79 Å². The Balaban J connectivity index is 1.55. The number of aryl methyl sites for hydroxylation is 2. The first-order chi connectivity index (χ1) is 13.6. The highest BCUT2D eigenvalue weighted by Gasteiger charge is 2.34. The van der Waals surface area contributed by atoms with Crippen LogP contribution in [0, 0.1) is 5.92 Å². The summed E-state index contributed by atoms with van der Waals surface area (Å²) in [6.07, 6.45) is 7.87. The van der Waals surface area contributed by atoms with Crippen LogP contribution in [0.25, 0.3) is 10.2 Å². The Morgan fingerprint density at radius 2 is 2.04 bits per heavy atom. The van der Waals surface area contributed by atoms with E-state index >= 15 is 0 Å². The molecule has 0 aromatic carbocycles. The van der Waals surface area contributed by atoms with E-state index in [0.717, 1.165) is 61.2 Å². The summed E-state index contributed by atoms with van der Waals surface area (Å²) in [6, 6.07) is -0.230. The quantitative estimate of drug-likeness (QED) is 0.814. The molecule has 2 saturated heterocycles. The monoisotopic (exact) mass is 400 g/mol. The van der Waals surface area contributed by atoms with Crippen LogP contribution >= 0.6 is 11.3 Å². The smallest absolute Gasteiger partial charge is 0.240 e. The van der Waals surface area contributed by atoms with Gasteiger partial charge in [0.25, 0.3) is 0 Å². The molecular formula is C21H30N5OS+. The van der Waals surface area contributed by atoms with E-state index in [-0.39, 0.29) is 11.9 Å². The average Bonchev–Trinajstić information content (AvgIpc) is 3.38. The number of piperidine rings is 1. The van der Waals surface area contributed by atoms with E-state index in [4.69, 9.17) is 15.7 Å². The zero-order valence-corrected chi connectivity index (χ0v) is 17.5. The Morgan fingerprint density at radius 1 is 1.21 bits per heavy atom. The standard InChI is InChI=1S/C21H29N5OS/c1-13-7-10-25(11-8-13)12-17-23-20(26-9-3-5-15(26)19(22)27)18-14-4-2-6-16(14)28-21(18)24-17/h13,15H,2-12H2,1H3,(H2,22,27)/p+1/t15-/m0/s1. The summed E-state index contributed by atoms with van der Waals surface area (Å²) in [7, 11) is 0. The highest BCUT2D eigenvalue weighted by molar-refractivity contribution is 7.19. The van der Waals surface area contributed by atoms with Crippen molar-refractivity contribution in [2.75, 3.05) is 24.5 Å². The lowest BCUT2D eigenvalue weighted by Crippen LogP contribution is -3.11. The van der Waals surface area contributed by atoms with Crippen molar-refractivity contribution in [3.8, 4) is 0 Å². The predicted octanol–water partition coefficient (Wildman–Crippen LogP) is 1.45. The number of hydrogen-bond donors (Lipinski definition) is 2. The number of likely N-dealkylation sites (tertiary alicyclic amines) is 1. The molecule has 0 saturated carbocycles. The molecule has 2 aromatic heterocycles. The van der Waals surface area contributed by atoms with Crippen LogP contribution < -0.4 is 15.5 Å². The number of rotatable bonds is 4. The Labute approximate surface area is 170 Å². The van der Waals surface area contributed by atoms with E-state index in [2.05, 4.69) is 11.8 Å². The fourth-order valence-electron chi connectivity index (χ4n) is 5.19. The molecule has 3 aliphatic rings. The molecule has 0 spiro atoms. The summed E-state index contributed by atoms with van der Waals surface area (Å²) in [5, 5.41) is 1.21. The van der Waals surface area contributed by atoms with E-state index in [1.807, 2.05) is 11.3 Å². The van der Waals surface area contributed by atoms with Crippen molar-refractivity contribution in [3.63, 3.8) is 0 Å². The maximum absolute atomic E-state index is 12.1. The average molecular weight is 401 g/mol. The number of carbonyl (C=O) groups is 1. The highest BCUT2D eigenvalue weighted by Crippen LogP contribution is 2.42. The van der Waals surface area contributed by atoms with Crippen LogP contribution in [0.5, 0.6) is 0 Å². The van der Waals surface area contributed by atoms with Gasteiger partial charge in [0.05, 0.1) is 18.5 Å². The molecule has 5 rings (SSSR count). The molecular weight excluding hydrogens is 370 g/mol. The summed E-state index contributed by atoms with van der Waals surface area (Å²) < 4.78 is 0. The minimum absolute atomic E-state index is 0.228. The molecule has 1 amide bonds. The van der Waals surface area contributed by atoms with Crippen molar-refractivity contribution >= 4 is 33.3 Å². The summed E-state index contributed by atoms with van der Waals surface area (Å²) in [6.45, 7) is 6.49. The van der Waals surface area contributed by atoms with Gasteiger partial charge in [0.15, 0.2) is 5.82 Å². The molecule has 2 aromatic rings. The number of nitrogens with zero attached hydrogens (tertiary/aromatic N) is 3. The fraction of sp³-hybridized carbons (Fsp3) is 0.667. The number of anilines is 1. The topological polar surface area (TPSA) is 76.6 Å². The lowest BCUT2D eigenvalue weighted by atomic mass is 9.99. The summed E-state index contributed by atoms with van der Waals surface area (Å²) in [5.41, 5.74) is 7.16. The highest BCUT2D eigenvalue weighted by atomic mass is 32.1. The number of aromatic nitrogens is 2. The zero-order chi connectivity index (χ0) is 19.3. The first-order valence-electron chi connectivity index (χ1n) is 10.8. The van der Waals surface area contributed by atoms with Gasteiger partial charge in [-0.25, -0.2) is 9.97 Å². The van der Waals surface area contributed by atoms with E-state index < -0.39 is 0 Å². The van der Waals surface area contributed by atoms with Crippen molar-refractivity contribution < 1.29 is 9.69 Å². The Morgan fingerprint density at radius 3 is 2.82 bits per heavy atom. The lowest BCUT2D eigenvalue weighted by Gasteiger charge is -2.28. The van der Waals surface area contributed by atoms with Crippen LogP contribution in [0.2, 0.25) is 0 Å². The molecule has 1 aliphatic carbocycles. The third kappa shape index (κ3) is 3.18. The van der Waals surface area contributed by atoms with Gasteiger partial charge in [-0.05, 0) is 56.4 Å². The van der Waals surface area contributed by atoms with Gasteiger partial charge < -0.3 is 15.5 Å². The van der Waals surface area contributed by atoms with Gasteiger partial charge in [-0.2, -0.15) is 0 Å². The number of thiophene rings is 1. The summed E-state index contributed by atoms with van der Waals surface area (Å²) in [5.74, 6) is 2.52. The fourth-order valence-corrected chi connectivity index (χ4v) is 6.47. The summed E-state index contributed by atoms with van der Waals surface area (Å²) in [4.78, 5) is 28.5. The Bertz CT molecular complexity index is 902. The second kappa shape index (κ2) is 7.26. The van der Waals surface area contributed by atoms with Crippen LogP contribution in [-0.2, 0) is 24.2 Å². The molecule has 150 valence electrons. The number of fused-ring (bicyclic) bond motifs is 3. The molecule has 6 nitrogen and oxygen atoms in total. The first-order valence-corrected chi connectivity index (χ1v) is 11.6. The normalized spacial score (nSPS) is 27.5. The van der Waals surface area contributed by atoms with Crippen molar-refractivity contribution in [2.24, 2.45) is 11.7 Å². The molecule has 7 heteroatoms. The molecule has 0 unspecified atom stereocenters. The molecule has 1 atom stereocenters. The minimum Gasteiger partial charge on any atom is -0.368 e. The molecule has 2 aliphatic heterocycles. The molecule has 28 heavy (non-hydrogen) atoms. The largest absolute Gasteiger partial charge is 0.368 e. The van der Waals surface area contributed by atoms with E-state index in [9.17, 15) is 4.79 Å². The predicted molar refractivity (Wildman–Crippen MR) is 112 cm³/mol. The second-order valence-electron chi connectivity index (χ2n) is 8.86. The molecule has 0 bridgehead atoms. The van der Waals surface area contributed by atoms with E-state index in [1.165, 1.54) is 48.2 Å². The van der Waals surface area contributed by atoms with Crippen LogP contribution in [0.1, 0.15) is 55.3 Å². The van der Waals surface area contributed by atoms with Crippen LogP contribution in [-0.4, -0.2) is 41.6 Å². The van der Waals surface area contributed by atoms with Crippen molar-refractivity contribution in [2.45, 2.75) is 64.5 Å². The van der Waals surface area contributed by atoms with Gasteiger partial charge in [0.1, 0.15) is 23.2 Å².